The van der Waals surface area contributed by atoms with Gasteiger partial charge >= 0.3 is 0 Å². The second kappa shape index (κ2) is 7.75. The Hall–Kier alpha value is -1.39. The van der Waals surface area contributed by atoms with E-state index in [1.807, 2.05) is 0 Å². The zero-order chi connectivity index (χ0) is 16.1. The Kier molecular flexibility index (Phi) is 5.98. The van der Waals surface area contributed by atoms with Gasteiger partial charge in [0.1, 0.15) is 0 Å². The van der Waals surface area contributed by atoms with Crippen LogP contribution < -0.4 is 5.32 Å². The van der Waals surface area contributed by atoms with Crippen molar-refractivity contribution in [2.45, 2.75) is 39.7 Å². The molecule has 4 heteroatoms. The molecule has 1 aromatic carbocycles. The minimum atomic E-state index is -0.446. The van der Waals surface area contributed by atoms with Gasteiger partial charge in [-0.05, 0) is 44.7 Å². The maximum absolute atomic E-state index is 11.0. The van der Waals surface area contributed by atoms with Crippen LogP contribution in [0.4, 0.5) is 0 Å². The summed E-state index contributed by atoms with van der Waals surface area (Å²) in [5, 5.41) is 13.4. The van der Waals surface area contributed by atoms with Crippen molar-refractivity contribution in [3.63, 3.8) is 0 Å². The van der Waals surface area contributed by atoms with E-state index in [0.29, 0.717) is 12.5 Å². The van der Waals surface area contributed by atoms with Crippen LogP contribution in [0, 0.1) is 19.8 Å². The number of hydrogen-bond donors (Lipinski definition) is 2. The molecule has 1 aromatic rings. The van der Waals surface area contributed by atoms with Crippen LogP contribution in [0.3, 0.4) is 0 Å². The first-order chi connectivity index (χ1) is 10.4. The molecule has 1 heterocycles. The van der Waals surface area contributed by atoms with E-state index in [4.69, 9.17) is 0 Å². The zero-order valence-electron chi connectivity index (χ0n) is 13.9. The van der Waals surface area contributed by atoms with Gasteiger partial charge in [-0.25, -0.2) is 0 Å². The smallest absolute Gasteiger partial charge is 0.216 e. The van der Waals surface area contributed by atoms with Crippen LogP contribution in [0.1, 0.15) is 42.6 Å². The molecule has 122 valence electrons. The largest absolute Gasteiger partial charge is 0.387 e. The third-order valence-electron chi connectivity index (χ3n) is 4.30. The van der Waals surface area contributed by atoms with Crippen molar-refractivity contribution in [2.24, 2.45) is 5.92 Å². The van der Waals surface area contributed by atoms with Gasteiger partial charge in [-0.15, -0.1) is 0 Å². The molecule has 1 aliphatic heterocycles. The monoisotopic (exact) mass is 304 g/mol. The Labute approximate surface area is 133 Å². The molecule has 1 amide bonds. The quantitative estimate of drug-likeness (QED) is 0.877. The highest BCUT2D eigenvalue weighted by molar-refractivity contribution is 5.72. The Morgan fingerprint density at radius 1 is 1.36 bits per heavy atom. The summed E-state index contributed by atoms with van der Waals surface area (Å²) in [4.78, 5) is 13.3. The van der Waals surface area contributed by atoms with Crippen molar-refractivity contribution in [3.05, 3.63) is 34.9 Å². The number of amides is 1. The molecule has 0 saturated carbocycles. The fourth-order valence-corrected chi connectivity index (χ4v) is 3.32. The predicted octanol–water partition coefficient (Wildman–Crippen LogP) is 2.18. The first-order valence-corrected chi connectivity index (χ1v) is 8.17. The van der Waals surface area contributed by atoms with E-state index < -0.39 is 6.10 Å². The van der Waals surface area contributed by atoms with Crippen molar-refractivity contribution in [1.82, 2.24) is 10.2 Å². The predicted molar refractivity (Wildman–Crippen MR) is 88.7 cm³/mol. The highest BCUT2D eigenvalue weighted by Crippen LogP contribution is 2.21. The number of carbonyl (C=O) groups excluding carboxylic acids is 1. The van der Waals surface area contributed by atoms with Gasteiger partial charge in [0.05, 0.1) is 6.10 Å². The standard InChI is InChI=1S/C18H28N2O2/c1-13-7-14(2)9-17(8-13)18(22)12-20-6-4-5-16(11-20)10-19-15(3)21/h7-9,16,18,22H,4-6,10-12H2,1-3H3,(H,19,21). The fourth-order valence-electron chi connectivity index (χ4n) is 3.32. The summed E-state index contributed by atoms with van der Waals surface area (Å²) in [5.74, 6) is 0.525. The summed E-state index contributed by atoms with van der Waals surface area (Å²) >= 11 is 0. The SMILES string of the molecule is CC(=O)NCC1CCCN(CC(O)c2cc(C)cc(C)c2)C1. The maximum Gasteiger partial charge on any atom is 0.216 e. The molecule has 2 N–H and O–H groups in total. The first-order valence-electron chi connectivity index (χ1n) is 8.17. The Morgan fingerprint density at radius 3 is 2.68 bits per heavy atom. The molecule has 0 radical (unpaired) electrons. The van der Waals surface area contributed by atoms with Crippen LogP contribution in [-0.2, 0) is 4.79 Å². The Balaban J connectivity index is 1.90. The molecule has 0 aliphatic carbocycles. The number of nitrogens with zero attached hydrogens (tertiary/aromatic N) is 1. The maximum atomic E-state index is 11.0. The summed E-state index contributed by atoms with van der Waals surface area (Å²) in [6.07, 6.45) is 1.83. The summed E-state index contributed by atoms with van der Waals surface area (Å²) in [5.41, 5.74) is 3.38. The lowest BCUT2D eigenvalue weighted by Crippen LogP contribution is -2.42. The second-order valence-electron chi connectivity index (χ2n) is 6.64. The van der Waals surface area contributed by atoms with Crippen molar-refractivity contribution in [1.29, 1.82) is 0 Å². The van der Waals surface area contributed by atoms with Crippen LogP contribution in [0.2, 0.25) is 0 Å². The van der Waals surface area contributed by atoms with Crippen LogP contribution in [0.5, 0.6) is 0 Å². The van der Waals surface area contributed by atoms with Gasteiger partial charge in [0.15, 0.2) is 0 Å². The number of aliphatic hydroxyl groups excluding tert-OH is 1. The molecule has 4 nitrogen and oxygen atoms in total. The van der Waals surface area contributed by atoms with Crippen LogP contribution in [-0.4, -0.2) is 42.1 Å². The summed E-state index contributed by atoms with van der Waals surface area (Å²) < 4.78 is 0. The van der Waals surface area contributed by atoms with E-state index >= 15 is 0 Å². The molecular weight excluding hydrogens is 276 g/mol. The number of piperidine rings is 1. The van der Waals surface area contributed by atoms with Crippen molar-refractivity contribution in [2.75, 3.05) is 26.2 Å². The summed E-state index contributed by atoms with van der Waals surface area (Å²) in [6, 6.07) is 6.26. The van der Waals surface area contributed by atoms with E-state index in [1.165, 1.54) is 11.1 Å². The number of likely N-dealkylation sites (tertiary alicyclic amines) is 1. The molecular formula is C18H28N2O2. The summed E-state index contributed by atoms with van der Waals surface area (Å²) in [7, 11) is 0. The lowest BCUT2D eigenvalue weighted by Gasteiger charge is -2.34. The lowest BCUT2D eigenvalue weighted by atomic mass is 9.96. The molecule has 1 fully saturated rings. The van der Waals surface area contributed by atoms with Gasteiger partial charge in [-0.3, -0.25) is 4.79 Å². The molecule has 1 aliphatic rings. The number of aliphatic hydroxyl groups is 1. The Morgan fingerprint density at radius 2 is 2.05 bits per heavy atom. The van der Waals surface area contributed by atoms with Gasteiger partial charge in [0.2, 0.25) is 5.91 Å². The second-order valence-corrected chi connectivity index (χ2v) is 6.64. The van der Waals surface area contributed by atoms with E-state index in [2.05, 4.69) is 42.3 Å². The minimum Gasteiger partial charge on any atom is -0.387 e. The molecule has 0 bridgehead atoms. The molecule has 2 unspecified atom stereocenters. The van der Waals surface area contributed by atoms with Gasteiger partial charge in [0, 0.05) is 26.6 Å². The Bertz CT molecular complexity index is 496. The van der Waals surface area contributed by atoms with Crippen molar-refractivity contribution in [3.8, 4) is 0 Å². The highest BCUT2D eigenvalue weighted by atomic mass is 16.3. The average molecular weight is 304 g/mol. The van der Waals surface area contributed by atoms with Gasteiger partial charge in [-0.1, -0.05) is 29.3 Å². The third kappa shape index (κ3) is 5.11. The molecule has 2 atom stereocenters. The lowest BCUT2D eigenvalue weighted by molar-refractivity contribution is -0.119. The van der Waals surface area contributed by atoms with E-state index in [-0.39, 0.29) is 5.91 Å². The number of benzene rings is 1. The summed E-state index contributed by atoms with van der Waals surface area (Å²) in [6.45, 7) is 9.07. The van der Waals surface area contributed by atoms with E-state index in [9.17, 15) is 9.90 Å². The van der Waals surface area contributed by atoms with Crippen LogP contribution >= 0.6 is 0 Å². The fraction of sp³-hybridized carbons (Fsp3) is 0.611. The van der Waals surface area contributed by atoms with Crippen molar-refractivity contribution < 1.29 is 9.90 Å². The number of β-amino-alcohol motifs (C(OH)–C–C–N with tert-alkyl or cyclic N) is 1. The average Bonchev–Trinajstić information content (AvgIpc) is 2.44. The zero-order valence-corrected chi connectivity index (χ0v) is 13.9. The minimum absolute atomic E-state index is 0.0346. The van der Waals surface area contributed by atoms with Crippen LogP contribution in [0.25, 0.3) is 0 Å². The molecule has 22 heavy (non-hydrogen) atoms. The molecule has 0 aromatic heterocycles. The van der Waals surface area contributed by atoms with Crippen molar-refractivity contribution >= 4 is 5.91 Å². The van der Waals surface area contributed by atoms with E-state index in [1.54, 1.807) is 6.92 Å². The van der Waals surface area contributed by atoms with E-state index in [0.717, 1.165) is 38.0 Å². The normalized spacial score (nSPS) is 20.6. The first kappa shape index (κ1) is 17.0. The molecule has 1 saturated heterocycles. The van der Waals surface area contributed by atoms with Crippen LogP contribution in [0.15, 0.2) is 18.2 Å². The third-order valence-corrected chi connectivity index (χ3v) is 4.30. The van der Waals surface area contributed by atoms with Gasteiger partial charge < -0.3 is 15.3 Å². The highest BCUT2D eigenvalue weighted by Gasteiger charge is 2.22. The molecule has 0 spiro atoms. The van der Waals surface area contributed by atoms with Gasteiger partial charge in [-0.2, -0.15) is 0 Å². The number of rotatable bonds is 5. The number of aryl methyl sites for hydroxylation is 2. The number of hydrogen-bond acceptors (Lipinski definition) is 3. The number of nitrogens with one attached hydrogen (secondary N) is 1. The molecule has 2 rings (SSSR count). The topological polar surface area (TPSA) is 52.6 Å². The number of carbonyl (C=O) groups is 1. The van der Waals surface area contributed by atoms with Gasteiger partial charge in [0.25, 0.3) is 0 Å².